The zero-order valence-corrected chi connectivity index (χ0v) is 16.6. The van der Waals surface area contributed by atoms with Gasteiger partial charge in [-0.25, -0.2) is 4.79 Å². The molecule has 154 valence electrons. The van der Waals surface area contributed by atoms with Crippen molar-refractivity contribution in [2.75, 3.05) is 25.0 Å². The average Bonchev–Trinajstić information content (AvgIpc) is 3.29. The summed E-state index contributed by atoms with van der Waals surface area (Å²) in [4.78, 5) is 38.8. The number of carbonyl (C=O) groups is 3. The minimum absolute atomic E-state index is 0.123. The maximum absolute atomic E-state index is 12.7. The molecule has 1 aliphatic rings. The van der Waals surface area contributed by atoms with E-state index in [4.69, 9.17) is 9.15 Å². The third kappa shape index (κ3) is 5.47. The van der Waals surface area contributed by atoms with Gasteiger partial charge in [-0.1, -0.05) is 13.3 Å². The number of likely N-dealkylation sites (tertiary alicyclic amines) is 1. The predicted octanol–water partition coefficient (Wildman–Crippen LogP) is 3.73. The molecule has 1 aromatic carbocycles. The maximum Gasteiger partial charge on any atom is 0.338 e. The first-order valence-corrected chi connectivity index (χ1v) is 9.98. The van der Waals surface area contributed by atoms with Crippen molar-refractivity contribution >= 4 is 23.5 Å². The lowest BCUT2D eigenvalue weighted by molar-refractivity contribution is -0.121. The first-order chi connectivity index (χ1) is 14.1. The molecule has 0 bridgehead atoms. The third-order valence-corrected chi connectivity index (χ3v) is 4.97. The van der Waals surface area contributed by atoms with Crippen LogP contribution in [0.1, 0.15) is 53.3 Å². The minimum Gasteiger partial charge on any atom is -0.472 e. The van der Waals surface area contributed by atoms with Crippen molar-refractivity contribution in [2.24, 2.45) is 5.92 Å². The number of unbranched alkanes of at least 4 members (excludes halogenated alkanes) is 1. The highest BCUT2D eigenvalue weighted by Crippen LogP contribution is 2.21. The van der Waals surface area contributed by atoms with Crippen molar-refractivity contribution < 1.29 is 23.5 Å². The molecule has 7 heteroatoms. The number of benzene rings is 1. The number of furan rings is 1. The SMILES string of the molecule is CCCCOC(=O)c1ccc(NC(=O)C2CCCN(C(=O)c3ccoc3)C2)cc1. The van der Waals surface area contributed by atoms with Gasteiger partial charge in [-0.15, -0.1) is 0 Å². The van der Waals surface area contributed by atoms with E-state index in [0.29, 0.717) is 36.5 Å². The lowest BCUT2D eigenvalue weighted by Crippen LogP contribution is -2.43. The molecule has 1 aliphatic heterocycles. The summed E-state index contributed by atoms with van der Waals surface area (Å²) in [6.45, 7) is 3.44. The van der Waals surface area contributed by atoms with Crippen LogP contribution in [0.15, 0.2) is 47.3 Å². The van der Waals surface area contributed by atoms with Crippen molar-refractivity contribution in [3.05, 3.63) is 54.0 Å². The molecule has 1 fully saturated rings. The highest BCUT2D eigenvalue weighted by molar-refractivity contribution is 5.96. The Morgan fingerprint density at radius 3 is 2.66 bits per heavy atom. The number of nitrogens with zero attached hydrogens (tertiary/aromatic N) is 1. The molecule has 0 aliphatic carbocycles. The molecule has 0 saturated carbocycles. The van der Waals surface area contributed by atoms with E-state index >= 15 is 0 Å². The number of ether oxygens (including phenoxy) is 1. The van der Waals surface area contributed by atoms with Crippen LogP contribution in [0, 0.1) is 5.92 Å². The molecular weight excluding hydrogens is 372 g/mol. The molecule has 0 radical (unpaired) electrons. The van der Waals surface area contributed by atoms with Gasteiger partial charge in [0.05, 0.1) is 29.9 Å². The maximum atomic E-state index is 12.7. The van der Waals surface area contributed by atoms with Crippen LogP contribution >= 0.6 is 0 Å². The monoisotopic (exact) mass is 398 g/mol. The Hall–Kier alpha value is -3.09. The second-order valence-corrected chi connectivity index (χ2v) is 7.16. The van der Waals surface area contributed by atoms with Crippen LogP contribution in [0.25, 0.3) is 0 Å². The van der Waals surface area contributed by atoms with Gasteiger partial charge >= 0.3 is 5.97 Å². The highest BCUT2D eigenvalue weighted by atomic mass is 16.5. The van der Waals surface area contributed by atoms with Gasteiger partial charge in [-0.3, -0.25) is 9.59 Å². The molecule has 0 spiro atoms. The van der Waals surface area contributed by atoms with E-state index in [2.05, 4.69) is 5.32 Å². The normalized spacial score (nSPS) is 16.3. The van der Waals surface area contributed by atoms with Crippen LogP contribution in [0.5, 0.6) is 0 Å². The summed E-state index contributed by atoms with van der Waals surface area (Å²) >= 11 is 0. The summed E-state index contributed by atoms with van der Waals surface area (Å²) in [6.07, 6.45) is 6.17. The molecule has 29 heavy (non-hydrogen) atoms. The first-order valence-electron chi connectivity index (χ1n) is 9.98. The zero-order valence-electron chi connectivity index (χ0n) is 16.6. The van der Waals surface area contributed by atoms with E-state index in [1.54, 1.807) is 35.2 Å². The smallest absolute Gasteiger partial charge is 0.338 e. The van der Waals surface area contributed by atoms with Crippen molar-refractivity contribution in [2.45, 2.75) is 32.6 Å². The van der Waals surface area contributed by atoms with Gasteiger partial charge in [-0.2, -0.15) is 0 Å². The van der Waals surface area contributed by atoms with E-state index in [0.717, 1.165) is 25.7 Å². The summed E-state index contributed by atoms with van der Waals surface area (Å²) in [5.41, 5.74) is 1.56. The van der Waals surface area contributed by atoms with E-state index in [9.17, 15) is 14.4 Å². The number of amides is 2. The molecule has 1 atom stereocenters. The number of esters is 1. The van der Waals surface area contributed by atoms with Crippen LogP contribution < -0.4 is 5.32 Å². The standard InChI is InChI=1S/C22H26N2O5/c1-2-3-12-29-22(27)16-6-8-19(9-7-16)23-20(25)17-5-4-11-24(14-17)21(26)18-10-13-28-15-18/h6-10,13,15,17H,2-5,11-12,14H2,1H3,(H,23,25). The lowest BCUT2D eigenvalue weighted by atomic mass is 9.96. The van der Waals surface area contributed by atoms with E-state index in [1.807, 2.05) is 6.92 Å². The quantitative estimate of drug-likeness (QED) is 0.567. The second kappa shape index (κ2) is 9.91. The number of hydrogen-bond acceptors (Lipinski definition) is 5. The van der Waals surface area contributed by atoms with Gasteiger partial charge in [0.15, 0.2) is 0 Å². The van der Waals surface area contributed by atoms with Crippen LogP contribution in [-0.4, -0.2) is 42.4 Å². The fourth-order valence-electron chi connectivity index (χ4n) is 3.27. The van der Waals surface area contributed by atoms with E-state index in [1.165, 1.54) is 12.5 Å². The van der Waals surface area contributed by atoms with Crippen LogP contribution in [0.2, 0.25) is 0 Å². The molecular formula is C22H26N2O5. The van der Waals surface area contributed by atoms with Gasteiger partial charge in [0, 0.05) is 18.8 Å². The Balaban J connectivity index is 1.54. The molecule has 1 aromatic heterocycles. The third-order valence-electron chi connectivity index (χ3n) is 4.97. The molecule has 2 heterocycles. The van der Waals surface area contributed by atoms with Crippen molar-refractivity contribution in [1.29, 1.82) is 0 Å². The summed E-state index contributed by atoms with van der Waals surface area (Å²) in [5.74, 6) is -0.898. The number of rotatable bonds is 7. The Bertz CT molecular complexity index is 829. The number of nitrogens with one attached hydrogen (secondary N) is 1. The Morgan fingerprint density at radius 1 is 1.17 bits per heavy atom. The Kier molecular flexibility index (Phi) is 7.05. The van der Waals surface area contributed by atoms with Crippen molar-refractivity contribution in [3.8, 4) is 0 Å². The van der Waals surface area contributed by atoms with Gasteiger partial charge in [0.1, 0.15) is 6.26 Å². The topological polar surface area (TPSA) is 88.9 Å². The van der Waals surface area contributed by atoms with Crippen LogP contribution in [0.4, 0.5) is 5.69 Å². The average molecular weight is 398 g/mol. The van der Waals surface area contributed by atoms with Crippen LogP contribution in [0.3, 0.4) is 0 Å². The largest absolute Gasteiger partial charge is 0.472 e. The molecule has 1 N–H and O–H groups in total. The highest BCUT2D eigenvalue weighted by Gasteiger charge is 2.29. The molecule has 2 aromatic rings. The minimum atomic E-state index is -0.364. The second-order valence-electron chi connectivity index (χ2n) is 7.16. The van der Waals surface area contributed by atoms with Gasteiger partial charge in [0.25, 0.3) is 5.91 Å². The first kappa shape index (κ1) is 20.6. The summed E-state index contributed by atoms with van der Waals surface area (Å²) in [5, 5.41) is 2.88. The molecule has 1 saturated heterocycles. The number of anilines is 1. The fraction of sp³-hybridized carbons (Fsp3) is 0.409. The van der Waals surface area contributed by atoms with Crippen molar-refractivity contribution in [3.63, 3.8) is 0 Å². The van der Waals surface area contributed by atoms with Gasteiger partial charge < -0.3 is 19.4 Å². The molecule has 1 unspecified atom stereocenters. The summed E-state index contributed by atoms with van der Waals surface area (Å²) < 4.78 is 10.2. The molecule has 3 rings (SSSR count). The summed E-state index contributed by atoms with van der Waals surface area (Å²) in [7, 11) is 0. The number of piperidine rings is 1. The lowest BCUT2D eigenvalue weighted by Gasteiger charge is -2.31. The van der Waals surface area contributed by atoms with E-state index < -0.39 is 0 Å². The van der Waals surface area contributed by atoms with Crippen molar-refractivity contribution in [1.82, 2.24) is 4.90 Å². The van der Waals surface area contributed by atoms with Crippen LogP contribution in [-0.2, 0) is 9.53 Å². The zero-order chi connectivity index (χ0) is 20.6. The Morgan fingerprint density at radius 2 is 1.97 bits per heavy atom. The van der Waals surface area contributed by atoms with Gasteiger partial charge in [0.2, 0.25) is 5.91 Å². The summed E-state index contributed by atoms with van der Waals surface area (Å²) in [6, 6.07) is 8.27. The van der Waals surface area contributed by atoms with E-state index in [-0.39, 0.29) is 23.7 Å². The molecule has 2 amide bonds. The number of hydrogen-bond donors (Lipinski definition) is 1. The fourth-order valence-corrected chi connectivity index (χ4v) is 3.27. The Labute approximate surface area is 170 Å². The molecule has 7 nitrogen and oxygen atoms in total. The predicted molar refractivity (Wildman–Crippen MR) is 108 cm³/mol. The number of carbonyl (C=O) groups excluding carboxylic acids is 3. The van der Waals surface area contributed by atoms with Gasteiger partial charge in [-0.05, 0) is 49.6 Å².